The van der Waals surface area contributed by atoms with Gasteiger partial charge < -0.3 is 18.6 Å². The lowest BCUT2D eigenvalue weighted by atomic mass is 9.56. The van der Waals surface area contributed by atoms with Crippen LogP contribution in [0.15, 0.2) is 11.6 Å². The van der Waals surface area contributed by atoms with E-state index in [1.54, 1.807) is 0 Å². The lowest BCUT2D eigenvalue weighted by molar-refractivity contribution is -0.238. The van der Waals surface area contributed by atoms with Crippen molar-refractivity contribution in [1.82, 2.24) is 5.06 Å². The Bertz CT molecular complexity index is 697. The summed E-state index contributed by atoms with van der Waals surface area (Å²) in [5, 5.41) is 14.3. The fraction of sp³-hybridized carbons (Fsp3) is 0.909. The van der Waals surface area contributed by atoms with E-state index < -0.39 is 47.7 Å². The predicted octanol–water partition coefficient (Wildman–Crippen LogP) is 4.69. The van der Waals surface area contributed by atoms with E-state index >= 15 is 0 Å². The highest BCUT2D eigenvalue weighted by atomic mass is 16.7. The van der Waals surface area contributed by atoms with Gasteiger partial charge in [0.2, 0.25) is 0 Å². The molecule has 0 aromatic carbocycles. The van der Waals surface area contributed by atoms with Gasteiger partial charge in [-0.3, -0.25) is 0 Å². The topological polar surface area (TPSA) is 60.1 Å². The maximum Gasteiger partial charge on any atom is 0.465 e. The Labute approximate surface area is 183 Å². The molecule has 0 aromatic heterocycles. The molecule has 0 spiro atoms. The van der Waals surface area contributed by atoms with Gasteiger partial charge in [0.1, 0.15) is 0 Å². The summed E-state index contributed by atoms with van der Waals surface area (Å²) >= 11 is 0. The molecule has 2 saturated heterocycles. The number of rotatable bonds is 4. The Morgan fingerprint density at radius 1 is 0.767 bits per heavy atom. The third kappa shape index (κ3) is 3.71. The van der Waals surface area contributed by atoms with Crippen molar-refractivity contribution in [2.75, 3.05) is 0 Å². The van der Waals surface area contributed by atoms with Crippen molar-refractivity contribution in [3.8, 4) is 0 Å². The lowest BCUT2D eigenvalue weighted by Crippen LogP contribution is -2.48. The van der Waals surface area contributed by atoms with E-state index in [0.717, 1.165) is 5.57 Å². The summed E-state index contributed by atoms with van der Waals surface area (Å²) in [6, 6.07) is 0. The molecule has 30 heavy (non-hydrogen) atoms. The van der Waals surface area contributed by atoms with Gasteiger partial charge in [-0.2, -0.15) is 0 Å². The van der Waals surface area contributed by atoms with E-state index in [-0.39, 0.29) is 5.82 Å². The average molecular weight is 420 g/mol. The number of hydrogen-bond donors (Lipinski definition) is 0. The summed E-state index contributed by atoms with van der Waals surface area (Å²) in [6.45, 7) is 24.3. The second-order valence-corrected chi connectivity index (χ2v) is 12.3. The van der Waals surface area contributed by atoms with Crippen LogP contribution in [0.25, 0.3) is 0 Å². The van der Waals surface area contributed by atoms with E-state index in [1.165, 1.54) is 5.06 Å². The van der Waals surface area contributed by atoms with Gasteiger partial charge >= 0.3 is 14.2 Å². The molecule has 169 valence electrons. The minimum absolute atomic E-state index is 0.172. The van der Waals surface area contributed by atoms with Crippen LogP contribution >= 0.6 is 0 Å². The maximum absolute atomic E-state index is 13.1. The molecule has 6 nitrogen and oxygen atoms in total. The second-order valence-electron chi connectivity index (χ2n) is 12.3. The van der Waals surface area contributed by atoms with Gasteiger partial charge in [0.15, 0.2) is 0 Å². The van der Waals surface area contributed by atoms with Crippen molar-refractivity contribution in [2.45, 2.75) is 129 Å². The van der Waals surface area contributed by atoms with E-state index in [4.69, 9.17) is 18.6 Å². The Kier molecular flexibility index (Phi) is 5.51. The second kappa shape index (κ2) is 6.82. The Hall–Kier alpha value is -0.370. The molecule has 3 rings (SSSR count). The van der Waals surface area contributed by atoms with Gasteiger partial charge in [-0.05, 0) is 95.0 Å². The first-order valence-corrected chi connectivity index (χ1v) is 11.2. The van der Waals surface area contributed by atoms with Crippen molar-refractivity contribution >= 4 is 14.2 Å². The summed E-state index contributed by atoms with van der Waals surface area (Å²) in [5.41, 5.74) is -2.00. The zero-order valence-electron chi connectivity index (χ0n) is 21.0. The summed E-state index contributed by atoms with van der Waals surface area (Å²) < 4.78 is 25.5. The molecule has 3 heterocycles. The molecule has 0 aromatic rings. The summed E-state index contributed by atoms with van der Waals surface area (Å²) in [7, 11) is -0.888. The van der Waals surface area contributed by atoms with Crippen LogP contribution in [0.5, 0.6) is 0 Å². The van der Waals surface area contributed by atoms with Crippen molar-refractivity contribution in [2.24, 2.45) is 0 Å². The lowest BCUT2D eigenvalue weighted by Gasteiger charge is -2.36. The zero-order valence-corrected chi connectivity index (χ0v) is 21.0. The van der Waals surface area contributed by atoms with Gasteiger partial charge in [-0.1, -0.05) is 6.08 Å². The van der Waals surface area contributed by atoms with Crippen LogP contribution in [0.4, 0.5) is 0 Å². The molecule has 3 aliphatic rings. The predicted molar refractivity (Wildman–Crippen MR) is 119 cm³/mol. The average Bonchev–Trinajstić information content (AvgIpc) is 2.95. The molecule has 1 atom stereocenters. The first-order chi connectivity index (χ1) is 13.2. The Balaban J connectivity index is 1.98. The van der Waals surface area contributed by atoms with Crippen molar-refractivity contribution < 1.29 is 23.8 Å². The highest BCUT2D eigenvalue weighted by Gasteiger charge is 2.60. The van der Waals surface area contributed by atoms with Crippen LogP contribution in [-0.4, -0.2) is 52.8 Å². The van der Waals surface area contributed by atoms with Crippen LogP contribution < -0.4 is 0 Å². The fourth-order valence-corrected chi connectivity index (χ4v) is 4.72. The molecule has 2 fully saturated rings. The molecule has 1 unspecified atom stereocenters. The normalized spacial score (nSPS) is 31.8. The monoisotopic (exact) mass is 420 g/mol. The van der Waals surface area contributed by atoms with Gasteiger partial charge in [-0.25, -0.2) is 0 Å². The van der Waals surface area contributed by atoms with E-state index in [1.807, 2.05) is 27.7 Å². The molecule has 0 aliphatic carbocycles. The molecular formula is C22H40B2NO5. The molecule has 0 amide bonds. The minimum atomic E-state index is -0.679. The summed E-state index contributed by atoms with van der Waals surface area (Å²) in [6.07, 6.45) is 2.64. The van der Waals surface area contributed by atoms with Gasteiger partial charge in [0.25, 0.3) is 0 Å². The number of nitrogens with zero attached hydrogens (tertiary/aromatic N) is 1. The highest BCUT2D eigenvalue weighted by molar-refractivity contribution is 6.54. The largest absolute Gasteiger partial charge is 0.465 e. The first-order valence-electron chi connectivity index (χ1n) is 11.2. The molecule has 0 bridgehead atoms. The maximum atomic E-state index is 13.1. The van der Waals surface area contributed by atoms with E-state index in [0.29, 0.717) is 6.32 Å². The van der Waals surface area contributed by atoms with Gasteiger partial charge in [0, 0.05) is 5.82 Å². The van der Waals surface area contributed by atoms with Crippen LogP contribution in [0, 0.1) is 0 Å². The highest BCUT2D eigenvalue weighted by Crippen LogP contribution is 2.52. The number of hydrogen-bond acceptors (Lipinski definition) is 5. The van der Waals surface area contributed by atoms with Gasteiger partial charge in [0.05, 0.1) is 33.5 Å². The standard InChI is InChI=1S/C22H40B2NO5/c1-17(2)13-15(18(3,4)25(17)26)16(24-29-21(9,10)22(11,12)30-24)14-23-27-19(5,6)20(7,8)28-23/h13,16H,14H2,1-12H3. The van der Waals surface area contributed by atoms with Crippen LogP contribution in [0.2, 0.25) is 12.1 Å². The molecule has 1 radical (unpaired) electrons. The summed E-state index contributed by atoms with van der Waals surface area (Å²) in [5.74, 6) is -0.172. The SMILES string of the molecule is CC1(C)C=C(C(CB2OC(C)(C)C(C)(C)O2)B2OC(C)(C)C(C)(C)O2)C(C)(C)N1[O]. The van der Waals surface area contributed by atoms with Crippen molar-refractivity contribution in [1.29, 1.82) is 0 Å². The molecular weight excluding hydrogens is 380 g/mol. The third-order valence-electron chi connectivity index (χ3n) is 7.99. The minimum Gasteiger partial charge on any atom is -0.403 e. The zero-order chi connectivity index (χ0) is 23.1. The van der Waals surface area contributed by atoms with Crippen molar-refractivity contribution in [3.63, 3.8) is 0 Å². The van der Waals surface area contributed by atoms with Crippen LogP contribution in [-0.2, 0) is 23.8 Å². The quantitative estimate of drug-likeness (QED) is 0.488. The van der Waals surface area contributed by atoms with Crippen LogP contribution in [0.3, 0.4) is 0 Å². The van der Waals surface area contributed by atoms with Gasteiger partial charge in [-0.15, -0.1) is 10.3 Å². The Morgan fingerprint density at radius 2 is 1.17 bits per heavy atom. The van der Waals surface area contributed by atoms with E-state index in [2.05, 4.69) is 61.5 Å². The molecule has 8 heteroatoms. The summed E-state index contributed by atoms with van der Waals surface area (Å²) in [4.78, 5) is 0. The molecule has 0 saturated carbocycles. The van der Waals surface area contributed by atoms with Crippen molar-refractivity contribution in [3.05, 3.63) is 11.6 Å². The fourth-order valence-electron chi connectivity index (χ4n) is 4.72. The third-order valence-corrected chi connectivity index (χ3v) is 7.99. The Morgan fingerprint density at radius 3 is 1.53 bits per heavy atom. The first kappa shape index (κ1) is 24.3. The van der Waals surface area contributed by atoms with E-state index in [9.17, 15) is 5.21 Å². The molecule has 0 N–H and O–H groups in total. The smallest absolute Gasteiger partial charge is 0.403 e. The van der Waals surface area contributed by atoms with Crippen LogP contribution in [0.1, 0.15) is 83.1 Å². The number of hydroxylamine groups is 2. The molecule has 3 aliphatic heterocycles.